The van der Waals surface area contributed by atoms with E-state index in [-0.39, 0.29) is 42.7 Å². The summed E-state index contributed by atoms with van der Waals surface area (Å²) in [6.07, 6.45) is -4.18. The molecule has 188 valence electrons. The second-order valence-corrected chi connectivity index (χ2v) is 9.44. The van der Waals surface area contributed by atoms with E-state index in [1.54, 1.807) is 12.1 Å². The maximum atomic E-state index is 14.4. The molecule has 0 aliphatic carbocycles. The largest absolute Gasteiger partial charge is 0.430 e. The number of halogens is 4. The molecule has 1 unspecified atom stereocenters. The van der Waals surface area contributed by atoms with Crippen LogP contribution in [0, 0.1) is 18.2 Å². The molecule has 2 aliphatic heterocycles. The van der Waals surface area contributed by atoms with Gasteiger partial charge in [0, 0.05) is 44.6 Å². The lowest BCUT2D eigenvalue weighted by atomic mass is 9.62. The van der Waals surface area contributed by atoms with Crippen LogP contribution in [0.3, 0.4) is 0 Å². The quantitative estimate of drug-likeness (QED) is 0.642. The van der Waals surface area contributed by atoms with Gasteiger partial charge in [0.1, 0.15) is 5.82 Å². The summed E-state index contributed by atoms with van der Waals surface area (Å²) in [5.41, 5.74) is -2.34. The van der Waals surface area contributed by atoms with Crippen LogP contribution < -0.4 is 5.32 Å². The van der Waals surface area contributed by atoms with Gasteiger partial charge in [-0.3, -0.25) is 9.59 Å². The van der Waals surface area contributed by atoms with Gasteiger partial charge in [-0.05, 0) is 48.4 Å². The predicted molar refractivity (Wildman–Crippen MR) is 121 cm³/mol. The molecule has 0 radical (unpaired) electrons. The third kappa shape index (κ3) is 4.30. The van der Waals surface area contributed by atoms with E-state index in [9.17, 15) is 27.2 Å². The van der Waals surface area contributed by atoms with Crippen molar-refractivity contribution >= 4 is 11.8 Å². The van der Waals surface area contributed by atoms with E-state index < -0.39 is 23.1 Å². The molecule has 9 heteroatoms. The van der Waals surface area contributed by atoms with E-state index in [2.05, 4.69) is 5.32 Å². The molecule has 2 fully saturated rings. The highest BCUT2D eigenvalue weighted by atomic mass is 19.4. The van der Waals surface area contributed by atoms with Crippen molar-refractivity contribution in [2.45, 2.75) is 43.9 Å². The number of benzene rings is 2. The van der Waals surface area contributed by atoms with Crippen molar-refractivity contribution in [3.05, 3.63) is 71.0 Å². The molecule has 0 bridgehead atoms. The maximum Gasteiger partial charge on any atom is 0.430 e. The molecule has 2 aromatic rings. The first-order valence-electron chi connectivity index (χ1n) is 11.5. The minimum absolute atomic E-state index is 0.0327. The number of ether oxygens (including phenoxy) is 1. The van der Waals surface area contributed by atoms with Crippen LogP contribution in [-0.2, 0) is 19.9 Å². The zero-order chi connectivity index (χ0) is 25.4. The molecule has 5 nitrogen and oxygen atoms in total. The number of hydrogen-bond donors (Lipinski definition) is 1. The van der Waals surface area contributed by atoms with Gasteiger partial charge in [-0.15, -0.1) is 0 Å². The monoisotopic (exact) mass is 492 g/mol. The van der Waals surface area contributed by atoms with Crippen molar-refractivity contribution in [3.63, 3.8) is 0 Å². The van der Waals surface area contributed by atoms with Crippen LogP contribution in [0.1, 0.15) is 41.9 Å². The Morgan fingerprint density at radius 3 is 2.37 bits per heavy atom. The minimum atomic E-state index is -4.98. The third-order valence-electron chi connectivity index (χ3n) is 7.61. The second-order valence-electron chi connectivity index (χ2n) is 9.44. The summed E-state index contributed by atoms with van der Waals surface area (Å²) in [6, 6.07) is 11.4. The number of hydrogen-bond acceptors (Lipinski definition) is 3. The number of carbonyl (C=O) groups is 2. The number of piperidine rings is 2. The van der Waals surface area contributed by atoms with Gasteiger partial charge in [0.25, 0.3) is 11.5 Å². The summed E-state index contributed by atoms with van der Waals surface area (Å²) >= 11 is 0. The standard InChI is InChI=1S/C26H28F4N2O3/c1-17-8-9-19(27)14-20(17)21-16-31-22(33)15-24(21)10-12-32(13-11-24)23(34)25(35-2,26(28,29)30)18-6-4-3-5-7-18/h3-9,14,21H,10-13,15-16H2,1-2H3,(H,31,33)/t21?,25-/m1/s1. The number of rotatable bonds is 4. The second kappa shape index (κ2) is 9.26. The summed E-state index contributed by atoms with van der Waals surface area (Å²) in [4.78, 5) is 27.0. The molecule has 0 aromatic heterocycles. The summed E-state index contributed by atoms with van der Waals surface area (Å²) in [5.74, 6) is -1.92. The molecule has 2 aliphatic rings. The van der Waals surface area contributed by atoms with Crippen molar-refractivity contribution < 1.29 is 31.9 Å². The summed E-state index contributed by atoms with van der Waals surface area (Å²) in [6.45, 7) is 2.25. The van der Waals surface area contributed by atoms with Crippen LogP contribution in [0.25, 0.3) is 0 Å². The van der Waals surface area contributed by atoms with Crippen LogP contribution in [0.2, 0.25) is 0 Å². The molecule has 2 aromatic carbocycles. The number of alkyl halides is 3. The summed E-state index contributed by atoms with van der Waals surface area (Å²) in [7, 11) is 0.887. The Kier molecular flexibility index (Phi) is 6.66. The minimum Gasteiger partial charge on any atom is -0.356 e. The van der Waals surface area contributed by atoms with Crippen molar-refractivity contribution in [3.8, 4) is 0 Å². The van der Waals surface area contributed by atoms with Crippen molar-refractivity contribution in [2.75, 3.05) is 26.7 Å². The molecular formula is C26H28F4N2O3. The van der Waals surface area contributed by atoms with Crippen LogP contribution in [0.5, 0.6) is 0 Å². The first kappa shape index (κ1) is 25.2. The molecule has 0 saturated carbocycles. The molecule has 2 heterocycles. The topological polar surface area (TPSA) is 58.6 Å². The number of amides is 2. The maximum absolute atomic E-state index is 14.4. The highest BCUT2D eigenvalue weighted by molar-refractivity contribution is 5.88. The Hall–Kier alpha value is -2.94. The molecule has 2 atom stereocenters. The number of likely N-dealkylation sites (tertiary alicyclic amines) is 1. The van der Waals surface area contributed by atoms with Crippen molar-refractivity contribution in [1.82, 2.24) is 10.2 Å². The van der Waals surface area contributed by atoms with Gasteiger partial charge in [0.15, 0.2) is 0 Å². The molecule has 2 amide bonds. The Morgan fingerprint density at radius 2 is 1.77 bits per heavy atom. The first-order valence-corrected chi connectivity index (χ1v) is 11.5. The lowest BCUT2D eigenvalue weighted by Gasteiger charge is -2.50. The number of aryl methyl sites for hydroxylation is 1. The molecule has 1 N–H and O–H groups in total. The average molecular weight is 493 g/mol. The lowest BCUT2D eigenvalue weighted by Crippen LogP contribution is -2.60. The number of nitrogens with one attached hydrogen (secondary N) is 1. The van der Waals surface area contributed by atoms with E-state index in [4.69, 9.17) is 4.74 Å². The van der Waals surface area contributed by atoms with Crippen LogP contribution in [-0.4, -0.2) is 49.6 Å². The number of nitrogens with zero attached hydrogens (tertiary/aromatic N) is 1. The summed E-state index contributed by atoms with van der Waals surface area (Å²) < 4.78 is 62.2. The SMILES string of the molecule is CO[C@@](C(=O)N1CCC2(CC1)CC(=O)NCC2c1cc(F)ccc1C)(c1ccccc1)C(F)(F)F. The molecule has 1 spiro atoms. The van der Waals surface area contributed by atoms with E-state index in [0.29, 0.717) is 19.4 Å². The first-order chi connectivity index (χ1) is 16.5. The molecule has 35 heavy (non-hydrogen) atoms. The fraction of sp³-hybridized carbons (Fsp3) is 0.462. The molecule has 2 saturated heterocycles. The predicted octanol–water partition coefficient (Wildman–Crippen LogP) is 4.45. The number of methoxy groups -OCH3 is 1. The fourth-order valence-corrected chi connectivity index (χ4v) is 5.67. The van der Waals surface area contributed by atoms with E-state index in [1.807, 2.05) is 6.92 Å². The average Bonchev–Trinajstić information content (AvgIpc) is 2.82. The fourth-order valence-electron chi connectivity index (χ4n) is 5.67. The Labute approximate surface area is 201 Å². The van der Waals surface area contributed by atoms with Crippen LogP contribution in [0.15, 0.2) is 48.5 Å². The summed E-state index contributed by atoms with van der Waals surface area (Å²) in [5, 5.41) is 2.85. The number of carbonyl (C=O) groups excluding carboxylic acids is 2. The Balaban J connectivity index is 1.64. The van der Waals surface area contributed by atoms with E-state index in [1.165, 1.54) is 41.3 Å². The highest BCUT2D eigenvalue weighted by Crippen LogP contribution is 2.51. The van der Waals surface area contributed by atoms with Gasteiger partial charge in [0.05, 0.1) is 0 Å². The van der Waals surface area contributed by atoms with Crippen LogP contribution >= 0.6 is 0 Å². The van der Waals surface area contributed by atoms with Crippen LogP contribution in [0.4, 0.5) is 17.6 Å². The zero-order valence-electron chi connectivity index (χ0n) is 19.6. The van der Waals surface area contributed by atoms with Gasteiger partial charge < -0.3 is 15.0 Å². The highest BCUT2D eigenvalue weighted by Gasteiger charge is 2.64. The normalized spacial score (nSPS) is 21.9. The molecular weight excluding hydrogens is 464 g/mol. The molecule has 4 rings (SSSR count). The Morgan fingerprint density at radius 1 is 1.11 bits per heavy atom. The van der Waals surface area contributed by atoms with Gasteiger partial charge in [0.2, 0.25) is 5.91 Å². The van der Waals surface area contributed by atoms with E-state index >= 15 is 0 Å². The lowest BCUT2D eigenvalue weighted by molar-refractivity contribution is -0.271. The van der Waals surface area contributed by atoms with Gasteiger partial charge in [-0.1, -0.05) is 36.4 Å². The van der Waals surface area contributed by atoms with Crippen molar-refractivity contribution in [1.29, 1.82) is 0 Å². The van der Waals surface area contributed by atoms with Gasteiger partial charge in [-0.2, -0.15) is 13.2 Å². The van der Waals surface area contributed by atoms with E-state index in [0.717, 1.165) is 18.2 Å². The Bertz CT molecular complexity index is 1100. The third-order valence-corrected chi connectivity index (χ3v) is 7.61. The zero-order valence-corrected chi connectivity index (χ0v) is 19.6. The van der Waals surface area contributed by atoms with Gasteiger partial charge in [-0.25, -0.2) is 4.39 Å². The van der Waals surface area contributed by atoms with Gasteiger partial charge >= 0.3 is 6.18 Å². The smallest absolute Gasteiger partial charge is 0.356 e. The van der Waals surface area contributed by atoms with Crippen molar-refractivity contribution in [2.24, 2.45) is 5.41 Å².